The standard InChI is InChI=1S/C18H19F3N2O3S/c1-13-8-10-15(11-9-13)23(14(2)17(24)22-12-18(19,20)21)27(25,26)16-6-4-3-5-7-16/h3-11,14H,12H2,1-2H3,(H,22,24)/t14-/m1/s1. The van der Waals surface area contributed by atoms with Gasteiger partial charge in [0.05, 0.1) is 10.6 Å². The number of amides is 1. The van der Waals surface area contributed by atoms with E-state index in [0.717, 1.165) is 9.87 Å². The van der Waals surface area contributed by atoms with Gasteiger partial charge in [-0.15, -0.1) is 0 Å². The molecular formula is C18H19F3N2O3S. The van der Waals surface area contributed by atoms with E-state index in [0.29, 0.717) is 0 Å². The van der Waals surface area contributed by atoms with E-state index in [1.165, 1.54) is 43.3 Å². The van der Waals surface area contributed by atoms with Crippen LogP contribution in [0, 0.1) is 6.92 Å². The van der Waals surface area contributed by atoms with Gasteiger partial charge in [0.25, 0.3) is 10.0 Å². The molecule has 0 radical (unpaired) electrons. The molecule has 0 unspecified atom stereocenters. The second kappa shape index (κ2) is 7.99. The number of anilines is 1. The minimum Gasteiger partial charge on any atom is -0.345 e. The molecule has 2 aromatic rings. The Bertz CT molecular complexity index is 882. The Balaban J connectivity index is 2.44. The number of carbonyl (C=O) groups excluding carboxylic acids is 1. The Morgan fingerprint density at radius 2 is 1.63 bits per heavy atom. The van der Waals surface area contributed by atoms with Gasteiger partial charge in [-0.2, -0.15) is 13.2 Å². The van der Waals surface area contributed by atoms with Crippen molar-refractivity contribution in [3.8, 4) is 0 Å². The third-order valence-corrected chi connectivity index (χ3v) is 5.70. The molecule has 27 heavy (non-hydrogen) atoms. The SMILES string of the molecule is Cc1ccc(N([C@H](C)C(=O)NCC(F)(F)F)S(=O)(=O)c2ccccc2)cc1. The lowest BCUT2D eigenvalue weighted by Gasteiger charge is -2.30. The maximum absolute atomic E-state index is 13.1. The van der Waals surface area contributed by atoms with Crippen molar-refractivity contribution in [2.24, 2.45) is 0 Å². The largest absolute Gasteiger partial charge is 0.405 e. The maximum atomic E-state index is 13.1. The number of carbonyl (C=O) groups is 1. The second-order valence-corrected chi connectivity index (χ2v) is 7.77. The van der Waals surface area contributed by atoms with E-state index in [1.54, 1.807) is 30.4 Å². The fraction of sp³-hybridized carbons (Fsp3) is 0.278. The van der Waals surface area contributed by atoms with Crippen molar-refractivity contribution in [2.45, 2.75) is 31.0 Å². The van der Waals surface area contributed by atoms with Crippen LogP contribution >= 0.6 is 0 Å². The fourth-order valence-corrected chi connectivity index (χ4v) is 4.05. The Morgan fingerprint density at radius 3 is 2.15 bits per heavy atom. The van der Waals surface area contributed by atoms with Gasteiger partial charge in [0.2, 0.25) is 5.91 Å². The van der Waals surface area contributed by atoms with Crippen molar-refractivity contribution in [3.63, 3.8) is 0 Å². The number of alkyl halides is 3. The summed E-state index contributed by atoms with van der Waals surface area (Å²) in [6.45, 7) is 1.51. The molecule has 0 aliphatic carbocycles. The van der Waals surface area contributed by atoms with Crippen LogP contribution in [0.5, 0.6) is 0 Å². The fourth-order valence-electron chi connectivity index (χ4n) is 2.41. The third kappa shape index (κ3) is 5.22. The highest BCUT2D eigenvalue weighted by Gasteiger charge is 2.35. The van der Waals surface area contributed by atoms with Gasteiger partial charge in [0.1, 0.15) is 12.6 Å². The summed E-state index contributed by atoms with van der Waals surface area (Å²) in [7, 11) is -4.17. The number of benzene rings is 2. The summed E-state index contributed by atoms with van der Waals surface area (Å²) >= 11 is 0. The van der Waals surface area contributed by atoms with Crippen molar-refractivity contribution in [1.29, 1.82) is 0 Å². The summed E-state index contributed by atoms with van der Waals surface area (Å²) in [6, 6.07) is 12.3. The van der Waals surface area contributed by atoms with Crippen LogP contribution < -0.4 is 9.62 Å². The number of hydrogen-bond acceptors (Lipinski definition) is 3. The zero-order chi connectivity index (χ0) is 20.2. The lowest BCUT2D eigenvalue weighted by molar-refractivity contribution is -0.138. The van der Waals surface area contributed by atoms with Crippen molar-refractivity contribution in [1.82, 2.24) is 5.32 Å². The van der Waals surface area contributed by atoms with E-state index in [-0.39, 0.29) is 10.6 Å². The minimum absolute atomic E-state index is 0.0685. The van der Waals surface area contributed by atoms with Gasteiger partial charge >= 0.3 is 6.18 Å². The summed E-state index contributed by atoms with van der Waals surface area (Å²) in [5.41, 5.74) is 1.05. The zero-order valence-corrected chi connectivity index (χ0v) is 15.5. The number of aryl methyl sites for hydroxylation is 1. The summed E-state index contributed by atoms with van der Waals surface area (Å²) in [6.07, 6.45) is -4.59. The van der Waals surface area contributed by atoms with Gasteiger partial charge < -0.3 is 5.32 Å². The van der Waals surface area contributed by atoms with E-state index in [1.807, 2.05) is 0 Å². The van der Waals surface area contributed by atoms with E-state index in [4.69, 9.17) is 0 Å². The molecule has 1 N–H and O–H groups in total. The number of hydrogen-bond donors (Lipinski definition) is 1. The normalized spacial score (nSPS) is 13.1. The molecule has 5 nitrogen and oxygen atoms in total. The summed E-state index contributed by atoms with van der Waals surface area (Å²) in [5.74, 6) is -1.05. The molecule has 0 aliphatic heterocycles. The van der Waals surface area contributed by atoms with Crippen LogP contribution in [0.1, 0.15) is 12.5 Å². The molecule has 1 amide bonds. The first kappa shape index (κ1) is 20.8. The van der Waals surface area contributed by atoms with Gasteiger partial charge in [-0.3, -0.25) is 9.10 Å². The smallest absolute Gasteiger partial charge is 0.345 e. The molecule has 0 saturated heterocycles. The first-order valence-corrected chi connectivity index (χ1v) is 9.47. The van der Waals surface area contributed by atoms with E-state index >= 15 is 0 Å². The first-order chi connectivity index (χ1) is 12.5. The summed E-state index contributed by atoms with van der Waals surface area (Å²) in [5, 5.41) is 1.74. The van der Waals surface area contributed by atoms with Crippen molar-refractivity contribution in [3.05, 3.63) is 60.2 Å². The van der Waals surface area contributed by atoms with Crippen LogP contribution in [0.25, 0.3) is 0 Å². The topological polar surface area (TPSA) is 66.5 Å². The molecule has 0 aliphatic rings. The average Bonchev–Trinajstić information content (AvgIpc) is 2.61. The van der Waals surface area contributed by atoms with Crippen molar-refractivity contribution in [2.75, 3.05) is 10.8 Å². The predicted octanol–water partition coefficient (Wildman–Crippen LogP) is 3.26. The molecule has 0 heterocycles. The van der Waals surface area contributed by atoms with Crippen LogP contribution in [-0.2, 0) is 14.8 Å². The molecule has 0 fully saturated rings. The quantitative estimate of drug-likeness (QED) is 0.810. The molecule has 0 saturated carbocycles. The predicted molar refractivity (Wildman–Crippen MR) is 95.8 cm³/mol. The number of sulfonamides is 1. The molecule has 2 rings (SSSR count). The maximum Gasteiger partial charge on any atom is 0.405 e. The molecule has 146 valence electrons. The van der Waals surface area contributed by atoms with Crippen LogP contribution in [0.3, 0.4) is 0 Å². The van der Waals surface area contributed by atoms with Crippen molar-refractivity contribution >= 4 is 21.6 Å². The molecule has 9 heteroatoms. The average molecular weight is 400 g/mol. The number of rotatable bonds is 6. The monoisotopic (exact) mass is 400 g/mol. The van der Waals surface area contributed by atoms with Crippen LogP contribution in [0.2, 0.25) is 0 Å². The minimum atomic E-state index is -4.59. The molecule has 0 spiro atoms. The van der Waals surface area contributed by atoms with Gasteiger partial charge in [0.15, 0.2) is 0 Å². The van der Waals surface area contributed by atoms with E-state index < -0.39 is 34.7 Å². The Hall–Kier alpha value is -2.55. The number of halogens is 3. The highest BCUT2D eigenvalue weighted by molar-refractivity contribution is 7.92. The number of nitrogens with one attached hydrogen (secondary N) is 1. The highest BCUT2D eigenvalue weighted by Crippen LogP contribution is 2.27. The van der Waals surface area contributed by atoms with Gasteiger partial charge in [-0.1, -0.05) is 35.9 Å². The molecule has 0 aromatic heterocycles. The third-order valence-electron chi connectivity index (χ3n) is 3.78. The first-order valence-electron chi connectivity index (χ1n) is 8.03. The lowest BCUT2D eigenvalue weighted by Crippen LogP contribution is -2.49. The van der Waals surface area contributed by atoms with Crippen LogP contribution in [0.4, 0.5) is 18.9 Å². The Labute approximate surface area is 155 Å². The van der Waals surface area contributed by atoms with E-state index in [9.17, 15) is 26.4 Å². The van der Waals surface area contributed by atoms with E-state index in [2.05, 4.69) is 0 Å². The van der Waals surface area contributed by atoms with Gasteiger partial charge in [-0.25, -0.2) is 8.42 Å². The Morgan fingerprint density at radius 1 is 1.07 bits per heavy atom. The van der Waals surface area contributed by atoms with Crippen LogP contribution in [0.15, 0.2) is 59.5 Å². The summed E-state index contributed by atoms with van der Waals surface area (Å²) in [4.78, 5) is 12.2. The molecule has 1 atom stereocenters. The Kier molecular flexibility index (Phi) is 6.15. The second-order valence-electron chi connectivity index (χ2n) is 5.96. The van der Waals surface area contributed by atoms with Gasteiger partial charge in [0, 0.05) is 0 Å². The highest BCUT2D eigenvalue weighted by atomic mass is 32.2. The van der Waals surface area contributed by atoms with Crippen LogP contribution in [-0.4, -0.2) is 33.1 Å². The molecular weight excluding hydrogens is 381 g/mol. The lowest BCUT2D eigenvalue weighted by atomic mass is 10.2. The zero-order valence-electron chi connectivity index (χ0n) is 14.7. The van der Waals surface area contributed by atoms with Crippen molar-refractivity contribution < 1.29 is 26.4 Å². The number of nitrogens with zero attached hydrogens (tertiary/aromatic N) is 1. The molecule has 0 bridgehead atoms. The van der Waals surface area contributed by atoms with Gasteiger partial charge in [-0.05, 0) is 38.1 Å². The summed E-state index contributed by atoms with van der Waals surface area (Å²) < 4.78 is 64.2. The molecule has 2 aromatic carbocycles.